The van der Waals surface area contributed by atoms with Crippen LogP contribution in [-0.2, 0) is 16.3 Å². The molecule has 0 saturated carbocycles. The van der Waals surface area contributed by atoms with Crippen LogP contribution in [-0.4, -0.2) is 45.5 Å². The summed E-state index contributed by atoms with van der Waals surface area (Å²) in [4.78, 5) is 2.06. The topological polar surface area (TPSA) is 37.4 Å². The van der Waals surface area contributed by atoms with Gasteiger partial charge in [-0.1, -0.05) is 29.8 Å². The Morgan fingerprint density at radius 3 is 2.24 bits per heavy atom. The lowest BCUT2D eigenvalue weighted by atomic mass is 10.1. The minimum Gasteiger partial charge on any atom is -0.305 e. The first-order valence-electron chi connectivity index (χ1n) is 5.78. The molecular formula is C13H21NO2S. The minimum absolute atomic E-state index is 0.234. The fraction of sp³-hybridized carbons (Fsp3) is 0.538. The monoisotopic (exact) mass is 255 g/mol. The van der Waals surface area contributed by atoms with Crippen molar-refractivity contribution >= 4 is 9.84 Å². The molecule has 0 radical (unpaired) electrons. The van der Waals surface area contributed by atoms with Gasteiger partial charge in [-0.05, 0) is 26.0 Å². The molecule has 1 aromatic rings. The SMILES string of the molecule is Cc1ccc(CCN(C)CCS(C)(=O)=O)cc1. The molecule has 17 heavy (non-hydrogen) atoms. The number of aryl methyl sites for hydroxylation is 1. The molecule has 0 amide bonds. The summed E-state index contributed by atoms with van der Waals surface area (Å²) < 4.78 is 22.0. The van der Waals surface area contributed by atoms with E-state index in [2.05, 4.69) is 36.1 Å². The normalized spacial score (nSPS) is 12.0. The number of likely N-dealkylation sites (N-methyl/N-ethyl adjacent to an activating group) is 1. The van der Waals surface area contributed by atoms with Crippen molar-refractivity contribution in [3.63, 3.8) is 0 Å². The van der Waals surface area contributed by atoms with Crippen LogP contribution in [0.5, 0.6) is 0 Å². The van der Waals surface area contributed by atoms with E-state index in [9.17, 15) is 8.42 Å². The van der Waals surface area contributed by atoms with Gasteiger partial charge >= 0.3 is 0 Å². The van der Waals surface area contributed by atoms with E-state index in [4.69, 9.17) is 0 Å². The molecule has 0 aliphatic heterocycles. The van der Waals surface area contributed by atoms with Crippen molar-refractivity contribution in [3.8, 4) is 0 Å². The van der Waals surface area contributed by atoms with Crippen LogP contribution in [0.4, 0.5) is 0 Å². The Morgan fingerprint density at radius 1 is 1.12 bits per heavy atom. The van der Waals surface area contributed by atoms with Gasteiger partial charge in [0.15, 0.2) is 0 Å². The largest absolute Gasteiger partial charge is 0.305 e. The first-order valence-corrected chi connectivity index (χ1v) is 7.85. The van der Waals surface area contributed by atoms with Gasteiger partial charge in [0.25, 0.3) is 0 Å². The lowest BCUT2D eigenvalue weighted by Crippen LogP contribution is -2.27. The first kappa shape index (κ1) is 14.2. The van der Waals surface area contributed by atoms with Crippen molar-refractivity contribution < 1.29 is 8.42 Å². The lowest BCUT2D eigenvalue weighted by molar-refractivity contribution is 0.358. The van der Waals surface area contributed by atoms with Crippen LogP contribution in [0.2, 0.25) is 0 Å². The zero-order valence-electron chi connectivity index (χ0n) is 10.8. The molecule has 0 heterocycles. The second kappa shape index (κ2) is 6.17. The highest BCUT2D eigenvalue weighted by Crippen LogP contribution is 2.04. The first-order chi connectivity index (χ1) is 7.87. The van der Waals surface area contributed by atoms with Crippen LogP contribution >= 0.6 is 0 Å². The third kappa shape index (κ3) is 6.44. The summed E-state index contributed by atoms with van der Waals surface area (Å²) in [6.07, 6.45) is 2.24. The Morgan fingerprint density at radius 2 is 1.71 bits per heavy atom. The van der Waals surface area contributed by atoms with Gasteiger partial charge in [-0.2, -0.15) is 0 Å². The average Bonchev–Trinajstić information content (AvgIpc) is 2.25. The predicted octanol–water partition coefficient (Wildman–Crippen LogP) is 1.51. The van der Waals surface area contributed by atoms with Gasteiger partial charge in [0.1, 0.15) is 9.84 Å². The van der Waals surface area contributed by atoms with Crippen molar-refractivity contribution in [3.05, 3.63) is 35.4 Å². The van der Waals surface area contributed by atoms with Gasteiger partial charge in [-0.15, -0.1) is 0 Å². The van der Waals surface area contributed by atoms with Crippen LogP contribution in [0.3, 0.4) is 0 Å². The van der Waals surface area contributed by atoms with Crippen LogP contribution in [0, 0.1) is 6.92 Å². The molecule has 96 valence electrons. The van der Waals surface area contributed by atoms with E-state index in [0.29, 0.717) is 6.54 Å². The van der Waals surface area contributed by atoms with Crippen molar-refractivity contribution in [2.24, 2.45) is 0 Å². The Hall–Kier alpha value is -0.870. The van der Waals surface area contributed by atoms with Gasteiger partial charge in [-0.3, -0.25) is 0 Å². The lowest BCUT2D eigenvalue weighted by Gasteiger charge is -2.15. The maximum Gasteiger partial charge on any atom is 0.148 e. The van der Waals surface area contributed by atoms with Crippen molar-refractivity contribution in [1.29, 1.82) is 0 Å². The van der Waals surface area contributed by atoms with Crippen molar-refractivity contribution in [1.82, 2.24) is 4.90 Å². The number of hydrogen-bond acceptors (Lipinski definition) is 3. The average molecular weight is 255 g/mol. The van der Waals surface area contributed by atoms with Crippen LogP contribution in [0.1, 0.15) is 11.1 Å². The van der Waals surface area contributed by atoms with E-state index < -0.39 is 9.84 Å². The summed E-state index contributed by atoms with van der Waals surface area (Å²) in [7, 11) is -0.892. The van der Waals surface area contributed by atoms with Crippen LogP contribution in [0.25, 0.3) is 0 Å². The van der Waals surface area contributed by atoms with Gasteiger partial charge in [0, 0.05) is 19.3 Å². The molecule has 1 aromatic carbocycles. The van der Waals surface area contributed by atoms with Crippen LogP contribution in [0.15, 0.2) is 24.3 Å². The molecule has 4 heteroatoms. The number of nitrogens with zero attached hydrogens (tertiary/aromatic N) is 1. The Labute approximate surface area is 104 Å². The Kier molecular flexibility index (Phi) is 5.15. The molecule has 0 unspecified atom stereocenters. The number of benzene rings is 1. The molecular weight excluding hydrogens is 234 g/mol. The highest BCUT2D eigenvalue weighted by molar-refractivity contribution is 7.90. The molecule has 0 atom stereocenters. The molecule has 0 aliphatic rings. The van der Waals surface area contributed by atoms with Gasteiger partial charge in [-0.25, -0.2) is 8.42 Å². The zero-order valence-corrected chi connectivity index (χ0v) is 11.6. The Balaban J connectivity index is 2.33. The molecule has 0 aromatic heterocycles. The summed E-state index contributed by atoms with van der Waals surface area (Å²) >= 11 is 0. The summed E-state index contributed by atoms with van der Waals surface area (Å²) in [6, 6.07) is 8.46. The fourth-order valence-electron chi connectivity index (χ4n) is 1.51. The van der Waals surface area contributed by atoms with Crippen LogP contribution < -0.4 is 0 Å². The highest BCUT2D eigenvalue weighted by Gasteiger charge is 2.05. The van der Waals surface area contributed by atoms with E-state index in [1.54, 1.807) is 0 Å². The quantitative estimate of drug-likeness (QED) is 0.773. The van der Waals surface area contributed by atoms with E-state index in [-0.39, 0.29) is 5.75 Å². The molecule has 0 aliphatic carbocycles. The molecule has 0 spiro atoms. The second-order valence-electron chi connectivity index (χ2n) is 4.67. The molecule has 0 fully saturated rings. The smallest absolute Gasteiger partial charge is 0.148 e. The number of sulfone groups is 1. The fourth-order valence-corrected chi connectivity index (χ4v) is 2.15. The Bertz CT molecular complexity index is 437. The van der Waals surface area contributed by atoms with Crippen molar-refractivity contribution in [2.45, 2.75) is 13.3 Å². The third-order valence-corrected chi connectivity index (χ3v) is 3.67. The summed E-state index contributed by atoms with van der Waals surface area (Å²) in [5, 5.41) is 0. The predicted molar refractivity (Wildman–Crippen MR) is 72.1 cm³/mol. The highest BCUT2D eigenvalue weighted by atomic mass is 32.2. The molecule has 0 N–H and O–H groups in total. The van der Waals surface area contributed by atoms with Gasteiger partial charge < -0.3 is 4.90 Å². The summed E-state index contributed by atoms with van der Waals surface area (Å²) in [5.41, 5.74) is 2.56. The molecule has 3 nitrogen and oxygen atoms in total. The third-order valence-electron chi connectivity index (χ3n) is 2.75. The number of rotatable bonds is 6. The molecule has 0 bridgehead atoms. The van der Waals surface area contributed by atoms with E-state index in [1.165, 1.54) is 17.4 Å². The summed E-state index contributed by atoms with van der Waals surface area (Å²) in [6.45, 7) is 3.56. The van der Waals surface area contributed by atoms with E-state index >= 15 is 0 Å². The molecule has 0 saturated heterocycles. The molecule has 1 rings (SSSR count). The number of hydrogen-bond donors (Lipinski definition) is 0. The minimum atomic E-state index is -2.85. The van der Waals surface area contributed by atoms with Gasteiger partial charge in [0.05, 0.1) is 5.75 Å². The second-order valence-corrected chi connectivity index (χ2v) is 6.93. The van der Waals surface area contributed by atoms with E-state index in [1.807, 2.05) is 7.05 Å². The maximum absolute atomic E-state index is 11.0. The van der Waals surface area contributed by atoms with E-state index in [0.717, 1.165) is 13.0 Å². The van der Waals surface area contributed by atoms with Crippen molar-refractivity contribution in [2.75, 3.05) is 32.1 Å². The maximum atomic E-state index is 11.0. The van der Waals surface area contributed by atoms with Gasteiger partial charge in [0.2, 0.25) is 0 Å². The zero-order chi connectivity index (χ0) is 12.9. The standard InChI is InChI=1S/C13H21NO2S/c1-12-4-6-13(7-5-12)8-9-14(2)10-11-17(3,15)16/h4-7H,8-11H2,1-3H3. The summed E-state index contributed by atoms with van der Waals surface area (Å²) in [5.74, 6) is 0.234.